The molecule has 122 valence electrons. The van der Waals surface area contributed by atoms with Crippen molar-refractivity contribution in [1.29, 1.82) is 0 Å². The lowest BCUT2D eigenvalue weighted by atomic mass is 10.1. The van der Waals surface area contributed by atoms with Gasteiger partial charge in [0.1, 0.15) is 5.69 Å². The molecule has 1 amide bonds. The number of nitrogens with one attached hydrogen (secondary N) is 1. The van der Waals surface area contributed by atoms with Gasteiger partial charge in [-0.25, -0.2) is 0 Å². The molecule has 0 unspecified atom stereocenters. The zero-order chi connectivity index (χ0) is 17.3. The van der Waals surface area contributed by atoms with Gasteiger partial charge in [-0.1, -0.05) is 54.1 Å². The number of nitrogens with zero attached hydrogens (tertiary/aromatic N) is 2. The monoisotopic (exact) mass is 341 g/mol. The van der Waals surface area contributed by atoms with Crippen LogP contribution >= 0.6 is 11.6 Å². The standard InChI is InChI=1S/C18H16ClN3O2/c1-21-16(12-8-4-3-5-9-12)15(18(24)22(21)2)20-17(23)13-10-6-7-11-14(13)19/h3-11H,1-2H3,(H,20,23). The maximum atomic E-state index is 12.5. The number of halogens is 1. The van der Waals surface area contributed by atoms with Crippen molar-refractivity contribution in [2.24, 2.45) is 14.1 Å². The molecule has 0 aliphatic heterocycles. The number of hydrogen-bond acceptors (Lipinski definition) is 2. The average Bonchev–Trinajstić information content (AvgIpc) is 2.80. The van der Waals surface area contributed by atoms with Crippen molar-refractivity contribution in [3.05, 3.63) is 75.5 Å². The van der Waals surface area contributed by atoms with Gasteiger partial charge in [0.2, 0.25) is 0 Å². The Morgan fingerprint density at radius 2 is 1.58 bits per heavy atom. The van der Waals surface area contributed by atoms with Crippen molar-refractivity contribution in [2.45, 2.75) is 0 Å². The first-order valence-electron chi connectivity index (χ1n) is 7.38. The van der Waals surface area contributed by atoms with E-state index in [2.05, 4.69) is 5.32 Å². The molecule has 3 aromatic rings. The highest BCUT2D eigenvalue weighted by Gasteiger charge is 2.21. The summed E-state index contributed by atoms with van der Waals surface area (Å²) in [5, 5.41) is 3.06. The Morgan fingerprint density at radius 3 is 2.25 bits per heavy atom. The van der Waals surface area contributed by atoms with Gasteiger partial charge in [0.05, 0.1) is 16.3 Å². The lowest BCUT2D eigenvalue weighted by Crippen LogP contribution is -2.21. The molecule has 2 aromatic carbocycles. The Bertz CT molecular complexity index is 958. The number of carbonyl (C=O) groups is 1. The smallest absolute Gasteiger partial charge is 0.290 e. The van der Waals surface area contributed by atoms with Gasteiger partial charge in [-0.05, 0) is 12.1 Å². The fraction of sp³-hybridized carbons (Fsp3) is 0.111. The molecule has 5 nitrogen and oxygen atoms in total. The highest BCUT2D eigenvalue weighted by atomic mass is 35.5. The predicted molar refractivity (Wildman–Crippen MR) is 95.5 cm³/mol. The zero-order valence-corrected chi connectivity index (χ0v) is 14.0. The summed E-state index contributed by atoms with van der Waals surface area (Å²) in [6, 6.07) is 16.2. The molecule has 0 bridgehead atoms. The third-order valence-electron chi connectivity index (χ3n) is 3.92. The Labute approximate surface area is 144 Å². The first-order chi connectivity index (χ1) is 11.5. The van der Waals surface area contributed by atoms with Crippen LogP contribution in [0.4, 0.5) is 5.69 Å². The fourth-order valence-electron chi connectivity index (χ4n) is 2.58. The van der Waals surface area contributed by atoms with Crippen molar-refractivity contribution >= 4 is 23.2 Å². The van der Waals surface area contributed by atoms with Crippen LogP contribution in [0.5, 0.6) is 0 Å². The van der Waals surface area contributed by atoms with E-state index < -0.39 is 5.91 Å². The summed E-state index contributed by atoms with van der Waals surface area (Å²) in [5.41, 5.74) is 1.76. The maximum absolute atomic E-state index is 12.5. The quantitative estimate of drug-likeness (QED) is 0.794. The molecule has 1 heterocycles. The minimum atomic E-state index is -0.416. The minimum Gasteiger partial charge on any atom is -0.315 e. The van der Waals surface area contributed by atoms with Gasteiger partial charge < -0.3 is 5.32 Å². The van der Waals surface area contributed by atoms with E-state index in [4.69, 9.17) is 11.6 Å². The van der Waals surface area contributed by atoms with Gasteiger partial charge in [-0.3, -0.25) is 19.0 Å². The number of benzene rings is 2. The summed E-state index contributed by atoms with van der Waals surface area (Å²) in [7, 11) is 3.43. The van der Waals surface area contributed by atoms with E-state index in [1.165, 1.54) is 4.68 Å². The van der Waals surface area contributed by atoms with Crippen LogP contribution < -0.4 is 10.9 Å². The molecule has 0 radical (unpaired) electrons. The van der Waals surface area contributed by atoms with E-state index in [-0.39, 0.29) is 11.2 Å². The number of hydrogen-bond donors (Lipinski definition) is 1. The van der Waals surface area contributed by atoms with Gasteiger partial charge in [-0.2, -0.15) is 0 Å². The molecule has 0 fully saturated rings. The Balaban J connectivity index is 2.09. The van der Waals surface area contributed by atoms with Crippen molar-refractivity contribution < 1.29 is 4.79 Å². The molecule has 6 heteroatoms. The van der Waals surface area contributed by atoms with E-state index >= 15 is 0 Å². The summed E-state index contributed by atoms with van der Waals surface area (Å²) in [5.74, 6) is -0.416. The van der Waals surface area contributed by atoms with E-state index in [0.717, 1.165) is 5.56 Å². The van der Waals surface area contributed by atoms with Gasteiger partial charge in [-0.15, -0.1) is 0 Å². The van der Waals surface area contributed by atoms with Crippen molar-refractivity contribution in [1.82, 2.24) is 9.36 Å². The first kappa shape index (κ1) is 16.1. The summed E-state index contributed by atoms with van der Waals surface area (Å²) in [4.78, 5) is 25.1. The maximum Gasteiger partial charge on any atom is 0.290 e. The molecular formula is C18H16ClN3O2. The second-order valence-corrected chi connectivity index (χ2v) is 5.78. The first-order valence-corrected chi connectivity index (χ1v) is 7.75. The number of carbonyl (C=O) groups excluding carboxylic acids is 1. The summed E-state index contributed by atoms with van der Waals surface area (Å²) < 4.78 is 3.16. The van der Waals surface area contributed by atoms with Crippen LogP contribution in [0.15, 0.2) is 59.4 Å². The summed E-state index contributed by atoms with van der Waals surface area (Å²) >= 11 is 6.07. The third kappa shape index (κ3) is 2.74. The second-order valence-electron chi connectivity index (χ2n) is 5.38. The molecule has 1 N–H and O–H groups in total. The van der Waals surface area contributed by atoms with Crippen LogP contribution in [0.3, 0.4) is 0 Å². The van der Waals surface area contributed by atoms with Crippen molar-refractivity contribution in [3.63, 3.8) is 0 Å². The van der Waals surface area contributed by atoms with Gasteiger partial charge in [0.15, 0.2) is 0 Å². The molecule has 0 saturated carbocycles. The van der Waals surface area contributed by atoms with Crippen molar-refractivity contribution in [3.8, 4) is 11.3 Å². The van der Waals surface area contributed by atoms with E-state index in [1.54, 1.807) is 43.0 Å². The third-order valence-corrected chi connectivity index (χ3v) is 4.25. The van der Waals surface area contributed by atoms with Crippen LogP contribution in [0, 0.1) is 0 Å². The average molecular weight is 342 g/mol. The summed E-state index contributed by atoms with van der Waals surface area (Å²) in [6.45, 7) is 0. The van der Waals surface area contributed by atoms with Crippen LogP contribution in [0.25, 0.3) is 11.3 Å². The number of anilines is 1. The topological polar surface area (TPSA) is 56.0 Å². The van der Waals surface area contributed by atoms with Crippen LogP contribution in [-0.2, 0) is 14.1 Å². The number of rotatable bonds is 3. The Morgan fingerprint density at radius 1 is 0.958 bits per heavy atom. The van der Waals surface area contributed by atoms with E-state index in [0.29, 0.717) is 16.3 Å². The largest absolute Gasteiger partial charge is 0.315 e. The van der Waals surface area contributed by atoms with Crippen LogP contribution in [0.2, 0.25) is 5.02 Å². The van der Waals surface area contributed by atoms with Crippen molar-refractivity contribution in [2.75, 3.05) is 5.32 Å². The number of aromatic nitrogens is 2. The van der Waals surface area contributed by atoms with Gasteiger partial charge in [0.25, 0.3) is 11.5 Å². The van der Waals surface area contributed by atoms with Crippen LogP contribution in [0.1, 0.15) is 10.4 Å². The second kappa shape index (κ2) is 6.37. The predicted octanol–water partition coefficient (Wildman–Crippen LogP) is 3.30. The van der Waals surface area contributed by atoms with E-state index in [9.17, 15) is 9.59 Å². The highest BCUT2D eigenvalue weighted by Crippen LogP contribution is 2.26. The SMILES string of the molecule is Cn1c(-c2ccccc2)c(NC(=O)c2ccccc2Cl)c(=O)n1C. The molecule has 0 spiro atoms. The van der Waals surface area contributed by atoms with Gasteiger partial charge in [0, 0.05) is 19.7 Å². The molecule has 0 atom stereocenters. The summed E-state index contributed by atoms with van der Waals surface area (Å²) in [6.07, 6.45) is 0. The molecule has 24 heavy (non-hydrogen) atoms. The highest BCUT2D eigenvalue weighted by molar-refractivity contribution is 6.34. The van der Waals surface area contributed by atoms with E-state index in [1.807, 2.05) is 30.3 Å². The molecule has 0 aliphatic carbocycles. The number of amides is 1. The van der Waals surface area contributed by atoms with Crippen LogP contribution in [-0.4, -0.2) is 15.3 Å². The minimum absolute atomic E-state index is 0.233. The lowest BCUT2D eigenvalue weighted by molar-refractivity contribution is 0.102. The zero-order valence-electron chi connectivity index (χ0n) is 13.3. The Hall–Kier alpha value is -2.79. The normalized spacial score (nSPS) is 10.6. The molecular weight excluding hydrogens is 326 g/mol. The molecule has 0 saturated heterocycles. The fourth-order valence-corrected chi connectivity index (χ4v) is 2.80. The lowest BCUT2D eigenvalue weighted by Gasteiger charge is -2.09. The molecule has 1 aromatic heterocycles. The Kier molecular flexibility index (Phi) is 4.27. The molecule has 3 rings (SSSR count). The molecule has 0 aliphatic rings. The van der Waals surface area contributed by atoms with Gasteiger partial charge >= 0.3 is 0 Å².